The van der Waals surface area contributed by atoms with E-state index >= 15 is 0 Å². The zero-order valence-electron chi connectivity index (χ0n) is 8.38. The van der Waals surface area contributed by atoms with Crippen LogP contribution in [-0.2, 0) is 0 Å². The van der Waals surface area contributed by atoms with Gasteiger partial charge in [0.15, 0.2) is 0 Å². The van der Waals surface area contributed by atoms with E-state index < -0.39 is 0 Å². The van der Waals surface area contributed by atoms with E-state index in [1.807, 2.05) is 30.8 Å². The lowest BCUT2D eigenvalue weighted by atomic mass is 10.1. The Hall–Kier alpha value is -0.540. The zero-order chi connectivity index (χ0) is 10.1. The highest BCUT2D eigenvalue weighted by atomic mass is 32.2. The monoisotopic (exact) mass is 211 g/mol. The molecule has 0 aliphatic carbocycles. The molecule has 3 heteroatoms. The molecule has 1 heterocycles. The van der Waals surface area contributed by atoms with E-state index in [9.17, 15) is 4.39 Å². The molecule has 2 atom stereocenters. The van der Waals surface area contributed by atoms with Crippen LogP contribution < -0.4 is 5.32 Å². The van der Waals surface area contributed by atoms with Crippen LogP contribution >= 0.6 is 11.8 Å². The highest BCUT2D eigenvalue weighted by Crippen LogP contribution is 2.33. The minimum absolute atomic E-state index is 0.121. The molecule has 0 radical (unpaired) electrons. The van der Waals surface area contributed by atoms with Crippen molar-refractivity contribution in [1.29, 1.82) is 0 Å². The van der Waals surface area contributed by atoms with Crippen LogP contribution in [0.5, 0.6) is 0 Å². The van der Waals surface area contributed by atoms with E-state index in [4.69, 9.17) is 0 Å². The molecule has 2 rings (SSSR count). The highest BCUT2D eigenvalue weighted by molar-refractivity contribution is 7.99. The van der Waals surface area contributed by atoms with Crippen LogP contribution in [0.15, 0.2) is 18.2 Å². The zero-order valence-corrected chi connectivity index (χ0v) is 9.20. The van der Waals surface area contributed by atoms with Gasteiger partial charge in [0.2, 0.25) is 0 Å². The van der Waals surface area contributed by atoms with Crippen LogP contribution in [0.4, 0.5) is 4.39 Å². The standard InChI is InChI=1S/C11H14FNS/c1-7-5-9(3-4-10(7)12)11-13-8(2)6-14-11/h3-5,8,11,13H,6H2,1-2H3. The van der Waals surface area contributed by atoms with E-state index in [1.54, 1.807) is 6.07 Å². The molecule has 0 amide bonds. The molecule has 1 aromatic carbocycles. The lowest BCUT2D eigenvalue weighted by Crippen LogP contribution is -2.21. The Morgan fingerprint density at radius 3 is 2.86 bits per heavy atom. The molecule has 1 aliphatic heterocycles. The third kappa shape index (κ3) is 1.93. The molecule has 0 bridgehead atoms. The van der Waals surface area contributed by atoms with E-state index in [0.29, 0.717) is 11.4 Å². The predicted octanol–water partition coefficient (Wildman–Crippen LogP) is 2.86. The lowest BCUT2D eigenvalue weighted by molar-refractivity contribution is 0.605. The van der Waals surface area contributed by atoms with Crippen LogP contribution in [0.3, 0.4) is 0 Å². The summed E-state index contributed by atoms with van der Waals surface area (Å²) in [4.78, 5) is 0. The summed E-state index contributed by atoms with van der Waals surface area (Å²) in [5.41, 5.74) is 1.91. The van der Waals surface area contributed by atoms with Gasteiger partial charge in [-0.2, -0.15) is 0 Å². The Balaban J connectivity index is 2.20. The van der Waals surface area contributed by atoms with Gasteiger partial charge < -0.3 is 0 Å². The minimum atomic E-state index is -0.121. The first kappa shape index (κ1) is 9.99. The van der Waals surface area contributed by atoms with Crippen LogP contribution in [0.25, 0.3) is 0 Å². The SMILES string of the molecule is Cc1cc(C2NC(C)CS2)ccc1F. The molecule has 1 aliphatic rings. The molecule has 0 spiro atoms. The maximum atomic E-state index is 13.0. The lowest BCUT2D eigenvalue weighted by Gasteiger charge is -2.11. The summed E-state index contributed by atoms with van der Waals surface area (Å²) in [6, 6.07) is 5.90. The van der Waals surface area contributed by atoms with E-state index in [1.165, 1.54) is 5.56 Å². The summed E-state index contributed by atoms with van der Waals surface area (Å²) in [5.74, 6) is 1.01. The number of rotatable bonds is 1. The maximum Gasteiger partial charge on any atom is 0.126 e. The summed E-state index contributed by atoms with van der Waals surface area (Å²) in [6.45, 7) is 3.98. The number of nitrogens with one attached hydrogen (secondary N) is 1. The van der Waals surface area contributed by atoms with Crippen molar-refractivity contribution in [1.82, 2.24) is 5.32 Å². The summed E-state index contributed by atoms with van der Waals surface area (Å²) in [5, 5.41) is 3.79. The third-order valence-corrected chi connectivity index (χ3v) is 3.87. The number of halogens is 1. The van der Waals surface area contributed by atoms with Crippen molar-refractivity contribution in [2.24, 2.45) is 0 Å². The van der Waals surface area contributed by atoms with Gasteiger partial charge in [-0.15, -0.1) is 11.8 Å². The van der Waals surface area contributed by atoms with Gasteiger partial charge in [-0.3, -0.25) is 5.32 Å². The Morgan fingerprint density at radius 1 is 1.50 bits per heavy atom. The van der Waals surface area contributed by atoms with Gasteiger partial charge in [0.1, 0.15) is 5.82 Å². The van der Waals surface area contributed by atoms with Crippen molar-refractivity contribution in [2.75, 3.05) is 5.75 Å². The Labute approximate surface area is 88.1 Å². The number of thioether (sulfide) groups is 1. The second-order valence-electron chi connectivity index (χ2n) is 3.79. The topological polar surface area (TPSA) is 12.0 Å². The molecule has 1 saturated heterocycles. The van der Waals surface area contributed by atoms with Gasteiger partial charge in [0.25, 0.3) is 0 Å². The molecule has 1 nitrogen and oxygen atoms in total. The largest absolute Gasteiger partial charge is 0.298 e. The summed E-state index contributed by atoms with van der Waals surface area (Å²) >= 11 is 1.88. The van der Waals surface area contributed by atoms with Crippen molar-refractivity contribution in [3.63, 3.8) is 0 Å². The Bertz CT molecular complexity index is 340. The van der Waals surface area contributed by atoms with Crippen molar-refractivity contribution >= 4 is 11.8 Å². The molecule has 14 heavy (non-hydrogen) atoms. The van der Waals surface area contributed by atoms with Gasteiger partial charge in [-0.05, 0) is 31.0 Å². The molecule has 0 saturated carbocycles. The number of aryl methyl sites for hydroxylation is 1. The molecule has 1 fully saturated rings. The third-order valence-electron chi connectivity index (χ3n) is 2.43. The van der Waals surface area contributed by atoms with Gasteiger partial charge in [-0.25, -0.2) is 4.39 Å². The van der Waals surface area contributed by atoms with Crippen molar-refractivity contribution in [3.8, 4) is 0 Å². The van der Waals surface area contributed by atoms with E-state index in [0.717, 1.165) is 11.3 Å². The van der Waals surface area contributed by atoms with Gasteiger partial charge in [-0.1, -0.05) is 12.1 Å². The molecular weight excluding hydrogens is 197 g/mol. The van der Waals surface area contributed by atoms with Crippen molar-refractivity contribution < 1.29 is 4.39 Å². The highest BCUT2D eigenvalue weighted by Gasteiger charge is 2.22. The first-order valence-corrected chi connectivity index (χ1v) is 5.85. The summed E-state index contributed by atoms with van der Waals surface area (Å²) in [6.07, 6.45) is 0. The Kier molecular flexibility index (Phi) is 2.79. The second kappa shape index (κ2) is 3.91. The van der Waals surface area contributed by atoms with Crippen LogP contribution in [0.2, 0.25) is 0 Å². The fraction of sp³-hybridized carbons (Fsp3) is 0.455. The normalized spacial score (nSPS) is 26.8. The molecule has 76 valence electrons. The molecule has 0 aromatic heterocycles. The van der Waals surface area contributed by atoms with Gasteiger partial charge >= 0.3 is 0 Å². The first-order chi connectivity index (χ1) is 6.66. The number of hydrogen-bond acceptors (Lipinski definition) is 2. The van der Waals surface area contributed by atoms with Crippen LogP contribution in [-0.4, -0.2) is 11.8 Å². The van der Waals surface area contributed by atoms with Crippen LogP contribution in [0, 0.1) is 12.7 Å². The van der Waals surface area contributed by atoms with E-state index in [2.05, 4.69) is 12.2 Å². The van der Waals surface area contributed by atoms with Gasteiger partial charge in [0, 0.05) is 11.8 Å². The minimum Gasteiger partial charge on any atom is -0.298 e. The average Bonchev–Trinajstić information content (AvgIpc) is 2.57. The molecule has 1 N–H and O–H groups in total. The maximum absolute atomic E-state index is 13.0. The number of hydrogen-bond donors (Lipinski definition) is 1. The second-order valence-corrected chi connectivity index (χ2v) is 4.93. The average molecular weight is 211 g/mol. The molecular formula is C11H14FNS. The summed E-state index contributed by atoms with van der Waals surface area (Å²) in [7, 11) is 0. The van der Waals surface area contributed by atoms with Crippen molar-refractivity contribution in [2.45, 2.75) is 25.3 Å². The number of benzene rings is 1. The predicted molar refractivity (Wildman–Crippen MR) is 58.9 cm³/mol. The summed E-state index contributed by atoms with van der Waals surface area (Å²) < 4.78 is 13.0. The molecule has 2 unspecified atom stereocenters. The fourth-order valence-corrected chi connectivity index (χ4v) is 2.86. The van der Waals surface area contributed by atoms with Gasteiger partial charge in [0.05, 0.1) is 5.37 Å². The quantitative estimate of drug-likeness (QED) is 0.766. The fourth-order valence-electron chi connectivity index (χ4n) is 1.62. The molecule has 1 aromatic rings. The first-order valence-electron chi connectivity index (χ1n) is 4.80. The van der Waals surface area contributed by atoms with E-state index in [-0.39, 0.29) is 5.82 Å². The van der Waals surface area contributed by atoms with Crippen molar-refractivity contribution in [3.05, 3.63) is 35.1 Å². The Morgan fingerprint density at radius 2 is 2.29 bits per heavy atom. The van der Waals surface area contributed by atoms with Crippen LogP contribution in [0.1, 0.15) is 23.4 Å². The smallest absolute Gasteiger partial charge is 0.126 e.